The van der Waals surface area contributed by atoms with Crippen LogP contribution in [0.5, 0.6) is 0 Å². The van der Waals surface area contributed by atoms with Crippen molar-refractivity contribution in [3.05, 3.63) is 41.3 Å². The van der Waals surface area contributed by atoms with Gasteiger partial charge in [0, 0.05) is 30.5 Å². The molecule has 5 heteroatoms. The zero-order valence-corrected chi connectivity index (χ0v) is 10.6. The van der Waals surface area contributed by atoms with E-state index in [1.807, 2.05) is 6.20 Å². The van der Waals surface area contributed by atoms with Gasteiger partial charge < -0.3 is 5.32 Å². The Morgan fingerprint density at radius 3 is 3.26 bits per heavy atom. The maximum Gasteiger partial charge on any atom is 0.144 e. The smallest absolute Gasteiger partial charge is 0.144 e. The van der Waals surface area contributed by atoms with Gasteiger partial charge >= 0.3 is 0 Å². The van der Waals surface area contributed by atoms with Crippen molar-refractivity contribution in [3.8, 4) is 6.07 Å². The predicted molar refractivity (Wildman–Crippen MR) is 71.4 cm³/mol. The zero-order chi connectivity index (χ0) is 13.1. The van der Waals surface area contributed by atoms with E-state index in [-0.39, 0.29) is 0 Å². The fourth-order valence-electron chi connectivity index (χ4n) is 2.45. The lowest BCUT2D eigenvalue weighted by atomic mass is 10.1. The molecule has 5 nitrogen and oxygen atoms in total. The molecule has 0 atom stereocenters. The Labute approximate surface area is 111 Å². The van der Waals surface area contributed by atoms with Crippen molar-refractivity contribution in [2.45, 2.75) is 32.4 Å². The van der Waals surface area contributed by atoms with Crippen molar-refractivity contribution >= 4 is 5.82 Å². The number of aryl methyl sites for hydroxylation is 1. The van der Waals surface area contributed by atoms with Gasteiger partial charge in [-0.15, -0.1) is 0 Å². The van der Waals surface area contributed by atoms with E-state index >= 15 is 0 Å². The second kappa shape index (κ2) is 5.11. The van der Waals surface area contributed by atoms with Crippen LogP contribution >= 0.6 is 0 Å². The fraction of sp³-hybridized carbons (Fsp3) is 0.357. The number of nitriles is 1. The first-order chi connectivity index (χ1) is 9.38. The Balaban J connectivity index is 1.76. The third kappa shape index (κ3) is 2.29. The average Bonchev–Trinajstić information content (AvgIpc) is 2.89. The number of hydrogen-bond acceptors (Lipinski definition) is 4. The minimum Gasteiger partial charge on any atom is -0.365 e. The minimum absolute atomic E-state index is 0.573. The van der Waals surface area contributed by atoms with Gasteiger partial charge in [0.05, 0.1) is 11.8 Å². The van der Waals surface area contributed by atoms with Crippen LogP contribution in [-0.2, 0) is 19.5 Å². The summed E-state index contributed by atoms with van der Waals surface area (Å²) < 4.78 is 2.09. The molecule has 0 radical (unpaired) electrons. The molecular formula is C14H15N5. The van der Waals surface area contributed by atoms with Gasteiger partial charge in [0.15, 0.2) is 0 Å². The van der Waals surface area contributed by atoms with Crippen molar-refractivity contribution in [2.24, 2.45) is 0 Å². The molecule has 0 spiro atoms. The zero-order valence-electron chi connectivity index (χ0n) is 10.6. The van der Waals surface area contributed by atoms with Crippen LogP contribution in [0, 0.1) is 11.3 Å². The molecule has 96 valence electrons. The van der Waals surface area contributed by atoms with Gasteiger partial charge in [0.1, 0.15) is 11.9 Å². The first kappa shape index (κ1) is 11.7. The Bertz CT molecular complexity index is 623. The van der Waals surface area contributed by atoms with Crippen LogP contribution in [0.1, 0.15) is 29.7 Å². The second-order valence-electron chi connectivity index (χ2n) is 4.66. The Kier molecular flexibility index (Phi) is 3.15. The molecule has 0 unspecified atom stereocenters. The van der Waals surface area contributed by atoms with E-state index < -0.39 is 0 Å². The molecule has 2 aromatic heterocycles. The molecular weight excluding hydrogens is 238 g/mol. The largest absolute Gasteiger partial charge is 0.365 e. The summed E-state index contributed by atoms with van der Waals surface area (Å²) >= 11 is 0. The minimum atomic E-state index is 0.573. The van der Waals surface area contributed by atoms with Crippen molar-refractivity contribution in [3.63, 3.8) is 0 Å². The summed E-state index contributed by atoms with van der Waals surface area (Å²) in [7, 11) is 0. The van der Waals surface area contributed by atoms with Gasteiger partial charge in [-0.2, -0.15) is 10.4 Å². The lowest BCUT2D eigenvalue weighted by Gasteiger charge is -2.15. The summed E-state index contributed by atoms with van der Waals surface area (Å²) in [4.78, 5) is 4.20. The third-order valence-electron chi connectivity index (χ3n) is 3.44. The van der Waals surface area contributed by atoms with Crippen LogP contribution in [0.3, 0.4) is 0 Å². The highest BCUT2D eigenvalue weighted by atomic mass is 15.3. The summed E-state index contributed by atoms with van der Waals surface area (Å²) in [5.74, 6) is 0.640. The van der Waals surface area contributed by atoms with Crippen LogP contribution in [0.15, 0.2) is 24.5 Å². The van der Waals surface area contributed by atoms with Gasteiger partial charge in [-0.1, -0.05) is 0 Å². The maximum atomic E-state index is 9.02. The second-order valence-corrected chi connectivity index (χ2v) is 4.66. The normalized spacial score (nSPS) is 13.6. The number of fused-ring (bicyclic) bond motifs is 1. The van der Waals surface area contributed by atoms with Gasteiger partial charge in [0.2, 0.25) is 0 Å². The van der Waals surface area contributed by atoms with E-state index in [0.717, 1.165) is 13.0 Å². The first-order valence-electron chi connectivity index (χ1n) is 6.51. The molecule has 0 bridgehead atoms. The molecule has 0 amide bonds. The summed E-state index contributed by atoms with van der Waals surface area (Å²) in [5, 5.41) is 16.7. The molecule has 0 fully saturated rings. The number of pyridine rings is 1. The van der Waals surface area contributed by atoms with Crippen LogP contribution in [-0.4, -0.2) is 14.8 Å². The average molecular weight is 253 g/mol. The van der Waals surface area contributed by atoms with E-state index in [9.17, 15) is 0 Å². The third-order valence-corrected chi connectivity index (χ3v) is 3.44. The maximum absolute atomic E-state index is 9.02. The number of nitrogens with one attached hydrogen (secondary N) is 1. The van der Waals surface area contributed by atoms with E-state index in [0.29, 0.717) is 17.9 Å². The molecule has 19 heavy (non-hydrogen) atoms. The first-order valence-corrected chi connectivity index (χ1v) is 6.51. The van der Waals surface area contributed by atoms with Crippen LogP contribution in [0.25, 0.3) is 0 Å². The summed E-state index contributed by atoms with van der Waals surface area (Å²) in [6, 6.07) is 5.68. The molecule has 0 saturated carbocycles. The van der Waals surface area contributed by atoms with Crippen LogP contribution in [0.4, 0.5) is 5.82 Å². The molecule has 3 rings (SSSR count). The molecule has 1 aliphatic rings. The monoisotopic (exact) mass is 253 g/mol. The van der Waals surface area contributed by atoms with Crippen molar-refractivity contribution in [2.75, 3.05) is 5.32 Å². The SMILES string of the molecule is N#Cc1cccnc1NCc1cnn2c1CCCC2. The van der Waals surface area contributed by atoms with Crippen molar-refractivity contribution in [1.82, 2.24) is 14.8 Å². The van der Waals surface area contributed by atoms with E-state index in [1.165, 1.54) is 24.1 Å². The summed E-state index contributed by atoms with van der Waals surface area (Å²) in [6.45, 7) is 1.68. The quantitative estimate of drug-likeness (QED) is 0.909. The topological polar surface area (TPSA) is 66.5 Å². The van der Waals surface area contributed by atoms with Gasteiger partial charge in [-0.05, 0) is 31.4 Å². The summed E-state index contributed by atoms with van der Waals surface area (Å²) in [5.41, 5.74) is 3.09. The summed E-state index contributed by atoms with van der Waals surface area (Å²) in [6.07, 6.45) is 7.13. The molecule has 3 heterocycles. The lowest BCUT2D eigenvalue weighted by Crippen LogP contribution is -2.13. The highest BCUT2D eigenvalue weighted by molar-refractivity contribution is 5.51. The highest BCUT2D eigenvalue weighted by Crippen LogP contribution is 2.19. The van der Waals surface area contributed by atoms with Crippen molar-refractivity contribution in [1.29, 1.82) is 5.26 Å². The van der Waals surface area contributed by atoms with Crippen molar-refractivity contribution < 1.29 is 0 Å². The number of nitrogens with zero attached hydrogens (tertiary/aromatic N) is 4. The van der Waals surface area contributed by atoms with Gasteiger partial charge in [-0.25, -0.2) is 4.98 Å². The van der Waals surface area contributed by atoms with Gasteiger partial charge in [0.25, 0.3) is 0 Å². The molecule has 2 aromatic rings. The van der Waals surface area contributed by atoms with Crippen LogP contribution in [0.2, 0.25) is 0 Å². The predicted octanol–water partition coefficient (Wildman–Crippen LogP) is 2.10. The molecule has 0 saturated heterocycles. The standard InChI is InChI=1S/C14H15N5/c15-8-11-4-3-6-16-14(11)17-9-12-10-18-19-7-2-1-5-13(12)19/h3-4,6,10H,1-2,5,7,9H2,(H,16,17). The fourth-order valence-corrected chi connectivity index (χ4v) is 2.45. The Morgan fingerprint density at radius 2 is 2.37 bits per heavy atom. The number of anilines is 1. The van der Waals surface area contributed by atoms with E-state index in [2.05, 4.69) is 26.2 Å². The Morgan fingerprint density at radius 1 is 1.42 bits per heavy atom. The number of aromatic nitrogens is 3. The van der Waals surface area contributed by atoms with E-state index in [1.54, 1.807) is 18.3 Å². The number of hydrogen-bond donors (Lipinski definition) is 1. The number of rotatable bonds is 3. The van der Waals surface area contributed by atoms with Crippen LogP contribution < -0.4 is 5.32 Å². The molecule has 0 aliphatic carbocycles. The van der Waals surface area contributed by atoms with Gasteiger partial charge in [-0.3, -0.25) is 4.68 Å². The van der Waals surface area contributed by atoms with E-state index in [4.69, 9.17) is 5.26 Å². The molecule has 0 aromatic carbocycles. The molecule has 1 N–H and O–H groups in total. The lowest BCUT2D eigenvalue weighted by molar-refractivity contribution is 0.484. The Hall–Kier alpha value is -2.35. The molecule has 1 aliphatic heterocycles. The highest BCUT2D eigenvalue weighted by Gasteiger charge is 2.14.